The maximum absolute atomic E-state index is 13.4. The summed E-state index contributed by atoms with van der Waals surface area (Å²) in [6.07, 6.45) is 47.6. The van der Waals surface area contributed by atoms with Crippen molar-refractivity contribution in [2.75, 3.05) is 13.2 Å². The van der Waals surface area contributed by atoms with Crippen molar-refractivity contribution in [3.05, 3.63) is 36.5 Å². The van der Waals surface area contributed by atoms with Crippen LogP contribution in [0.3, 0.4) is 0 Å². The van der Waals surface area contributed by atoms with Gasteiger partial charge in [0, 0.05) is 12.8 Å². The summed E-state index contributed by atoms with van der Waals surface area (Å²) in [5, 5.41) is 19.2. The summed E-state index contributed by atoms with van der Waals surface area (Å²) in [5.74, 6) is -1.80. The molecule has 0 bridgehead atoms. The molecule has 0 radical (unpaired) electrons. The van der Waals surface area contributed by atoms with Gasteiger partial charge in [-0.2, -0.15) is 0 Å². The molecule has 0 spiro atoms. The predicted octanol–water partition coefficient (Wildman–Crippen LogP) is 14.5. The molecule has 2 N–H and O–H groups in total. The molecule has 8 heteroatoms. The first-order valence-corrected chi connectivity index (χ1v) is 25.7. The number of rotatable bonds is 46. The normalized spacial score (nSPS) is 13.3. The second kappa shape index (κ2) is 47.0. The third-order valence-electron chi connectivity index (χ3n) is 11.3. The number of unbranched alkanes of at least 4 members (excludes halogenated alkanes) is 27. The minimum absolute atomic E-state index is 0.164. The number of carbonyl (C=O) groups is 3. The van der Waals surface area contributed by atoms with Crippen LogP contribution in [0.15, 0.2) is 36.5 Å². The Balaban J connectivity index is 5.15. The van der Waals surface area contributed by atoms with E-state index in [9.17, 15) is 24.6 Å². The lowest BCUT2D eigenvalue weighted by Crippen LogP contribution is -2.43. The summed E-state index contributed by atoms with van der Waals surface area (Å²) in [4.78, 5) is 39.8. The quantitative estimate of drug-likeness (QED) is 0.0269. The molecule has 0 saturated carbocycles. The lowest BCUT2D eigenvalue weighted by molar-refractivity contribution is -0.185. The number of allylic oxidation sites excluding steroid dienone is 6. The third kappa shape index (κ3) is 41.3. The zero-order valence-electron chi connectivity index (χ0n) is 39.9. The van der Waals surface area contributed by atoms with Gasteiger partial charge in [0.25, 0.3) is 0 Å². The van der Waals surface area contributed by atoms with Gasteiger partial charge in [-0.3, -0.25) is 9.59 Å². The fourth-order valence-electron chi connectivity index (χ4n) is 7.47. The van der Waals surface area contributed by atoms with Gasteiger partial charge in [0.05, 0.1) is 6.61 Å². The summed E-state index contributed by atoms with van der Waals surface area (Å²) in [5.41, 5.74) is 0. The number of hydrogen-bond acceptors (Lipinski definition) is 8. The van der Waals surface area contributed by atoms with Crippen LogP contribution >= 0.6 is 0 Å². The van der Waals surface area contributed by atoms with Gasteiger partial charge in [-0.1, -0.05) is 218 Å². The number of hydrogen-bond donors (Lipinski definition) is 2. The lowest BCUT2D eigenvalue weighted by atomic mass is 10.0. The molecule has 8 nitrogen and oxygen atoms in total. The molecular weight excluding hydrogens is 765 g/mol. The predicted molar refractivity (Wildman–Crippen MR) is 254 cm³/mol. The van der Waals surface area contributed by atoms with E-state index in [1.54, 1.807) is 0 Å². The van der Waals surface area contributed by atoms with Gasteiger partial charge in [0.2, 0.25) is 6.10 Å². The van der Waals surface area contributed by atoms with Crippen LogP contribution < -0.4 is 0 Å². The van der Waals surface area contributed by atoms with Crippen molar-refractivity contribution in [1.82, 2.24) is 0 Å². The Labute approximate surface area is 375 Å². The smallest absolute Gasteiger partial charge is 0.351 e. The van der Waals surface area contributed by atoms with Gasteiger partial charge in [-0.25, -0.2) is 4.79 Å². The van der Waals surface area contributed by atoms with Gasteiger partial charge in [-0.15, -0.1) is 0 Å². The number of esters is 3. The van der Waals surface area contributed by atoms with Gasteiger partial charge >= 0.3 is 17.9 Å². The zero-order valence-corrected chi connectivity index (χ0v) is 39.9. The maximum atomic E-state index is 13.4. The largest absolute Gasteiger partial charge is 0.460 e. The molecule has 0 aliphatic carbocycles. The van der Waals surface area contributed by atoms with Crippen molar-refractivity contribution in [1.29, 1.82) is 0 Å². The third-order valence-corrected chi connectivity index (χ3v) is 11.3. The summed E-state index contributed by atoms with van der Waals surface area (Å²) in [7, 11) is 0. The van der Waals surface area contributed by atoms with E-state index < -0.39 is 49.4 Å². The maximum Gasteiger partial charge on any atom is 0.351 e. The molecule has 0 aliphatic heterocycles. The van der Waals surface area contributed by atoms with Crippen LogP contribution in [-0.2, 0) is 28.6 Å². The van der Waals surface area contributed by atoms with Gasteiger partial charge in [-0.05, 0) is 57.8 Å². The molecule has 0 aliphatic rings. The molecular formula is C53H96O8. The van der Waals surface area contributed by atoms with Crippen LogP contribution in [0.5, 0.6) is 0 Å². The monoisotopic (exact) mass is 861 g/mol. The lowest BCUT2D eigenvalue weighted by Gasteiger charge is -2.26. The van der Waals surface area contributed by atoms with E-state index in [1.807, 2.05) is 0 Å². The highest BCUT2D eigenvalue weighted by Gasteiger charge is 2.36. The molecule has 356 valence electrons. The number of aliphatic hydroxyl groups is 2. The van der Waals surface area contributed by atoms with Crippen LogP contribution in [0, 0.1) is 0 Å². The summed E-state index contributed by atoms with van der Waals surface area (Å²) >= 11 is 0. The molecule has 0 aromatic rings. The Hall–Kier alpha value is -2.45. The van der Waals surface area contributed by atoms with Gasteiger partial charge in [0.15, 0.2) is 0 Å². The Kier molecular flexibility index (Phi) is 45.1. The number of carbonyl (C=O) groups excluding carboxylic acids is 3. The minimum atomic E-state index is -1.44. The Bertz CT molecular complexity index is 1070. The Morgan fingerprint density at radius 2 is 0.869 bits per heavy atom. The molecule has 3 atom stereocenters. The average molecular weight is 861 g/mol. The minimum Gasteiger partial charge on any atom is -0.460 e. The highest BCUT2D eigenvalue weighted by Crippen LogP contribution is 2.20. The van der Waals surface area contributed by atoms with Gasteiger partial charge < -0.3 is 24.4 Å². The summed E-state index contributed by atoms with van der Waals surface area (Å²) < 4.78 is 17.0. The van der Waals surface area contributed by atoms with Crippen LogP contribution in [0.25, 0.3) is 0 Å². The van der Waals surface area contributed by atoms with Crippen molar-refractivity contribution >= 4 is 17.9 Å². The molecule has 0 aromatic carbocycles. The first kappa shape index (κ1) is 58.6. The van der Waals surface area contributed by atoms with E-state index in [0.717, 1.165) is 70.6 Å². The van der Waals surface area contributed by atoms with E-state index in [0.29, 0.717) is 25.7 Å². The van der Waals surface area contributed by atoms with E-state index in [1.165, 1.54) is 122 Å². The molecule has 61 heavy (non-hydrogen) atoms. The Morgan fingerprint density at radius 3 is 1.31 bits per heavy atom. The highest BCUT2D eigenvalue weighted by molar-refractivity contribution is 5.80. The molecule has 0 fully saturated rings. The molecule has 0 heterocycles. The van der Waals surface area contributed by atoms with E-state index >= 15 is 0 Å². The Morgan fingerprint density at radius 1 is 0.475 bits per heavy atom. The van der Waals surface area contributed by atoms with Crippen molar-refractivity contribution < 1.29 is 38.8 Å². The van der Waals surface area contributed by atoms with Crippen molar-refractivity contribution in [2.24, 2.45) is 0 Å². The molecule has 0 aromatic heterocycles. The second-order valence-electron chi connectivity index (χ2n) is 17.3. The second-order valence-corrected chi connectivity index (χ2v) is 17.3. The first-order valence-electron chi connectivity index (χ1n) is 25.7. The van der Waals surface area contributed by atoms with Crippen LogP contribution in [0.2, 0.25) is 0 Å². The number of ether oxygens (including phenoxy) is 3. The molecule has 0 saturated heterocycles. The van der Waals surface area contributed by atoms with E-state index in [-0.39, 0.29) is 12.8 Å². The van der Waals surface area contributed by atoms with Crippen molar-refractivity contribution in [3.8, 4) is 0 Å². The average Bonchev–Trinajstić information content (AvgIpc) is 3.26. The molecule has 0 amide bonds. The van der Waals surface area contributed by atoms with Gasteiger partial charge in [0.1, 0.15) is 18.8 Å². The van der Waals surface area contributed by atoms with Crippen LogP contribution in [0.4, 0.5) is 0 Å². The summed E-state index contributed by atoms with van der Waals surface area (Å²) in [6, 6.07) is 0. The zero-order chi connectivity index (χ0) is 44.7. The van der Waals surface area contributed by atoms with E-state index in [2.05, 4.69) is 57.2 Å². The topological polar surface area (TPSA) is 119 Å². The SMILES string of the molecule is CC/C=C\C/C=C\C/C=C\CCCCCC(OC(=O)CCCCCCCCCCCCCCC)C(OC(=O)CCCCCCCCCCCCCCC)C(=O)OCC(O)CO. The van der Waals surface area contributed by atoms with Crippen molar-refractivity contribution in [3.63, 3.8) is 0 Å². The van der Waals surface area contributed by atoms with Crippen LogP contribution in [0.1, 0.15) is 252 Å². The van der Waals surface area contributed by atoms with Crippen LogP contribution in [-0.4, -0.2) is 59.6 Å². The standard InChI is InChI=1S/C53H96O8/c1-4-7-10-13-16-19-22-25-28-31-34-37-40-43-49(60-50(56)44-41-38-35-32-29-26-23-20-17-14-11-8-5-2)52(53(58)59-47-48(55)46-54)61-51(57)45-42-39-36-33-30-27-24-21-18-15-12-9-6-3/h7,10,16,19,25,28,48-49,52,54-55H,4-6,8-9,11-15,17-18,20-24,26-27,29-47H2,1-3H3/b10-7-,19-16-,28-25-. The highest BCUT2D eigenvalue weighted by atomic mass is 16.6. The van der Waals surface area contributed by atoms with Crippen molar-refractivity contribution in [2.45, 2.75) is 270 Å². The fraction of sp³-hybridized carbons (Fsp3) is 0.830. The number of aliphatic hydroxyl groups excluding tert-OH is 2. The summed E-state index contributed by atoms with van der Waals surface area (Å²) in [6.45, 7) is 5.61. The molecule has 3 unspecified atom stereocenters. The fourth-order valence-corrected chi connectivity index (χ4v) is 7.47. The first-order chi connectivity index (χ1) is 29.9. The van der Waals surface area contributed by atoms with E-state index in [4.69, 9.17) is 14.2 Å². The molecule has 0 rings (SSSR count).